The standard InChI is InChI=1S/C12H19N3O2/c1-15(2)7-8-17-12(16)11(13)9-10-5-3-4-6-14-10/h3-6,11H,7-9,13H2,1-2H3. The molecule has 0 spiro atoms. The Morgan fingerprint density at radius 3 is 2.88 bits per heavy atom. The quantitative estimate of drug-likeness (QED) is 0.708. The topological polar surface area (TPSA) is 68.5 Å². The lowest BCUT2D eigenvalue weighted by Crippen LogP contribution is -2.35. The van der Waals surface area contributed by atoms with Gasteiger partial charge in [-0.1, -0.05) is 6.07 Å². The Morgan fingerprint density at radius 1 is 1.53 bits per heavy atom. The summed E-state index contributed by atoms with van der Waals surface area (Å²) >= 11 is 0. The molecule has 0 aliphatic heterocycles. The van der Waals surface area contributed by atoms with Crippen molar-refractivity contribution in [3.63, 3.8) is 0 Å². The molecule has 0 fully saturated rings. The highest BCUT2D eigenvalue weighted by molar-refractivity contribution is 5.75. The van der Waals surface area contributed by atoms with Gasteiger partial charge in [-0.25, -0.2) is 0 Å². The molecule has 1 aromatic rings. The molecule has 2 N–H and O–H groups in total. The Balaban J connectivity index is 2.32. The molecule has 1 aromatic heterocycles. The van der Waals surface area contributed by atoms with Crippen LogP contribution in [0.25, 0.3) is 0 Å². The van der Waals surface area contributed by atoms with Gasteiger partial charge in [-0.2, -0.15) is 0 Å². The lowest BCUT2D eigenvalue weighted by Gasteiger charge is -2.13. The van der Waals surface area contributed by atoms with Crippen LogP contribution in [0.5, 0.6) is 0 Å². The van der Waals surface area contributed by atoms with Crippen molar-refractivity contribution in [2.24, 2.45) is 5.73 Å². The van der Waals surface area contributed by atoms with Gasteiger partial charge in [-0.15, -0.1) is 0 Å². The maximum Gasteiger partial charge on any atom is 0.323 e. The molecule has 0 saturated heterocycles. The number of ether oxygens (including phenoxy) is 1. The molecular weight excluding hydrogens is 218 g/mol. The summed E-state index contributed by atoms with van der Waals surface area (Å²) in [5, 5.41) is 0. The fourth-order valence-corrected chi connectivity index (χ4v) is 1.26. The molecule has 1 atom stereocenters. The third-order valence-corrected chi connectivity index (χ3v) is 2.24. The van der Waals surface area contributed by atoms with Gasteiger partial charge in [0.2, 0.25) is 0 Å². The third-order valence-electron chi connectivity index (χ3n) is 2.24. The molecule has 0 aliphatic carbocycles. The molecule has 1 unspecified atom stereocenters. The fourth-order valence-electron chi connectivity index (χ4n) is 1.26. The summed E-state index contributed by atoms with van der Waals surface area (Å²) in [6, 6.07) is 4.89. The number of hydrogen-bond acceptors (Lipinski definition) is 5. The van der Waals surface area contributed by atoms with Gasteiger partial charge in [-0.05, 0) is 26.2 Å². The summed E-state index contributed by atoms with van der Waals surface area (Å²) in [7, 11) is 3.84. The van der Waals surface area contributed by atoms with E-state index in [9.17, 15) is 4.79 Å². The van der Waals surface area contributed by atoms with Crippen LogP contribution in [0.3, 0.4) is 0 Å². The molecule has 5 nitrogen and oxygen atoms in total. The Hall–Kier alpha value is -1.46. The third kappa shape index (κ3) is 5.42. The summed E-state index contributed by atoms with van der Waals surface area (Å²) in [5.74, 6) is -0.377. The van der Waals surface area contributed by atoms with E-state index in [0.717, 1.165) is 5.69 Å². The van der Waals surface area contributed by atoms with Crippen LogP contribution in [0.15, 0.2) is 24.4 Å². The Morgan fingerprint density at radius 2 is 2.29 bits per heavy atom. The van der Waals surface area contributed by atoms with Gasteiger partial charge >= 0.3 is 5.97 Å². The summed E-state index contributed by atoms with van der Waals surface area (Å²) in [6.07, 6.45) is 2.08. The zero-order valence-corrected chi connectivity index (χ0v) is 10.3. The zero-order valence-electron chi connectivity index (χ0n) is 10.3. The molecule has 0 aromatic carbocycles. The van der Waals surface area contributed by atoms with Crippen molar-refractivity contribution in [3.8, 4) is 0 Å². The van der Waals surface area contributed by atoms with Crippen molar-refractivity contribution in [3.05, 3.63) is 30.1 Å². The Kier molecular flexibility index (Phi) is 5.59. The molecule has 1 rings (SSSR count). The molecule has 17 heavy (non-hydrogen) atoms. The maximum absolute atomic E-state index is 11.5. The lowest BCUT2D eigenvalue weighted by molar-refractivity contribution is -0.145. The summed E-state index contributed by atoms with van der Waals surface area (Å²) in [4.78, 5) is 17.6. The number of likely N-dealkylation sites (N-methyl/N-ethyl adjacent to an activating group) is 1. The van der Waals surface area contributed by atoms with Crippen molar-refractivity contribution in [2.75, 3.05) is 27.2 Å². The Labute approximate surface area is 102 Å². The molecule has 0 aliphatic rings. The number of pyridine rings is 1. The van der Waals surface area contributed by atoms with Gasteiger partial charge in [0.05, 0.1) is 0 Å². The van der Waals surface area contributed by atoms with Crippen LogP contribution in [-0.2, 0) is 16.0 Å². The van der Waals surface area contributed by atoms with E-state index in [0.29, 0.717) is 19.6 Å². The van der Waals surface area contributed by atoms with Gasteiger partial charge in [-0.3, -0.25) is 9.78 Å². The van der Waals surface area contributed by atoms with Crippen LogP contribution >= 0.6 is 0 Å². The number of hydrogen-bond donors (Lipinski definition) is 1. The predicted molar refractivity (Wildman–Crippen MR) is 65.4 cm³/mol. The van der Waals surface area contributed by atoms with Crippen LogP contribution < -0.4 is 5.73 Å². The van der Waals surface area contributed by atoms with Crippen LogP contribution in [0.4, 0.5) is 0 Å². The molecule has 0 saturated carbocycles. The fraction of sp³-hybridized carbons (Fsp3) is 0.500. The molecule has 0 bridgehead atoms. The van der Waals surface area contributed by atoms with E-state index in [1.807, 2.05) is 37.2 Å². The van der Waals surface area contributed by atoms with Gasteiger partial charge in [0.1, 0.15) is 12.6 Å². The largest absolute Gasteiger partial charge is 0.463 e. The van der Waals surface area contributed by atoms with Crippen molar-refractivity contribution in [2.45, 2.75) is 12.5 Å². The zero-order chi connectivity index (χ0) is 12.7. The first-order valence-electron chi connectivity index (χ1n) is 5.56. The minimum Gasteiger partial charge on any atom is -0.463 e. The summed E-state index contributed by atoms with van der Waals surface area (Å²) < 4.78 is 5.05. The van der Waals surface area contributed by atoms with E-state index >= 15 is 0 Å². The number of carbonyl (C=O) groups is 1. The molecule has 5 heteroatoms. The molecule has 1 heterocycles. The number of nitrogens with zero attached hydrogens (tertiary/aromatic N) is 2. The first kappa shape index (κ1) is 13.6. The number of carbonyl (C=O) groups excluding carboxylic acids is 1. The summed E-state index contributed by atoms with van der Waals surface area (Å²) in [5.41, 5.74) is 6.53. The van der Waals surface area contributed by atoms with Crippen molar-refractivity contribution >= 4 is 5.97 Å². The first-order valence-corrected chi connectivity index (χ1v) is 5.56. The van der Waals surface area contributed by atoms with Gasteiger partial charge in [0.25, 0.3) is 0 Å². The van der Waals surface area contributed by atoms with Crippen LogP contribution in [0, 0.1) is 0 Å². The number of esters is 1. The SMILES string of the molecule is CN(C)CCOC(=O)C(N)Cc1ccccn1. The monoisotopic (exact) mass is 237 g/mol. The maximum atomic E-state index is 11.5. The second-order valence-corrected chi connectivity index (χ2v) is 4.10. The van der Waals surface area contributed by atoms with Gasteiger partial charge in [0.15, 0.2) is 0 Å². The van der Waals surface area contributed by atoms with E-state index in [1.54, 1.807) is 6.20 Å². The number of aromatic nitrogens is 1. The van der Waals surface area contributed by atoms with Crippen LogP contribution in [-0.4, -0.2) is 49.1 Å². The predicted octanol–water partition coefficient (Wildman–Crippen LogP) is 0.0562. The minimum atomic E-state index is -0.646. The van der Waals surface area contributed by atoms with Crippen molar-refractivity contribution in [1.29, 1.82) is 0 Å². The second-order valence-electron chi connectivity index (χ2n) is 4.10. The average Bonchev–Trinajstić information content (AvgIpc) is 2.29. The molecule has 0 amide bonds. The molecule has 94 valence electrons. The number of nitrogens with two attached hydrogens (primary N) is 1. The molecular formula is C12H19N3O2. The second kappa shape index (κ2) is 6.98. The van der Waals surface area contributed by atoms with E-state index in [4.69, 9.17) is 10.5 Å². The highest BCUT2D eigenvalue weighted by Gasteiger charge is 2.15. The minimum absolute atomic E-state index is 0.363. The van der Waals surface area contributed by atoms with Gasteiger partial charge < -0.3 is 15.4 Å². The first-order chi connectivity index (χ1) is 8.09. The van der Waals surface area contributed by atoms with E-state index in [1.165, 1.54) is 0 Å². The number of rotatable bonds is 6. The molecule has 0 radical (unpaired) electrons. The smallest absolute Gasteiger partial charge is 0.323 e. The van der Waals surface area contributed by atoms with Crippen LogP contribution in [0.2, 0.25) is 0 Å². The normalized spacial score (nSPS) is 12.5. The lowest BCUT2D eigenvalue weighted by atomic mass is 10.1. The van der Waals surface area contributed by atoms with Crippen molar-refractivity contribution < 1.29 is 9.53 Å². The average molecular weight is 237 g/mol. The summed E-state index contributed by atoms with van der Waals surface area (Å²) in [6.45, 7) is 1.06. The van der Waals surface area contributed by atoms with E-state index in [2.05, 4.69) is 4.98 Å². The Bertz CT molecular complexity index is 341. The van der Waals surface area contributed by atoms with Gasteiger partial charge in [0, 0.05) is 24.9 Å². The highest BCUT2D eigenvalue weighted by Crippen LogP contribution is 1.99. The highest BCUT2D eigenvalue weighted by atomic mass is 16.5. The van der Waals surface area contributed by atoms with Crippen molar-refractivity contribution in [1.82, 2.24) is 9.88 Å². The van der Waals surface area contributed by atoms with E-state index < -0.39 is 6.04 Å². The van der Waals surface area contributed by atoms with Crippen LogP contribution in [0.1, 0.15) is 5.69 Å². The van der Waals surface area contributed by atoms with E-state index in [-0.39, 0.29) is 5.97 Å².